The number of ether oxygens (including phenoxy) is 5. The van der Waals surface area contributed by atoms with Crippen LogP contribution in [-0.2, 0) is 42.9 Å². The molecule has 0 aromatic heterocycles. The minimum Gasteiger partial charge on any atom is -0.451 e. The first-order valence-electron chi connectivity index (χ1n) is 18.1. The van der Waals surface area contributed by atoms with Gasteiger partial charge in [0.25, 0.3) is 0 Å². The van der Waals surface area contributed by atoms with Crippen LogP contribution in [0.3, 0.4) is 0 Å². The molecule has 0 aliphatic carbocycles. The number of rotatable bonds is 6. The van der Waals surface area contributed by atoms with Gasteiger partial charge in [-0.15, -0.1) is 0 Å². The van der Waals surface area contributed by atoms with Crippen LogP contribution in [0.25, 0.3) is 0 Å². The van der Waals surface area contributed by atoms with Crippen molar-refractivity contribution in [1.82, 2.24) is 5.32 Å². The summed E-state index contributed by atoms with van der Waals surface area (Å²) in [6.45, 7) is 11.9. The lowest BCUT2D eigenvalue weighted by atomic mass is 9.78. The number of carbonyl (C=O) groups is 4. The maximum absolute atomic E-state index is 13.5. The van der Waals surface area contributed by atoms with E-state index < -0.39 is 29.4 Å². The van der Waals surface area contributed by atoms with Gasteiger partial charge in [0.1, 0.15) is 11.9 Å². The lowest BCUT2D eigenvalue weighted by molar-refractivity contribution is -0.344. The Labute approximate surface area is 285 Å². The quantitative estimate of drug-likeness (QED) is 0.211. The topological polar surface area (TPSA) is 130 Å². The van der Waals surface area contributed by atoms with E-state index >= 15 is 0 Å². The molecule has 7 rings (SSSR count). The number of epoxide rings is 1. The third kappa shape index (κ3) is 8.73. The number of esters is 1. The second-order valence-electron chi connectivity index (χ2n) is 15.0. The van der Waals surface area contributed by atoms with Crippen LogP contribution in [0.1, 0.15) is 112 Å². The van der Waals surface area contributed by atoms with Gasteiger partial charge in [-0.3, -0.25) is 14.4 Å². The van der Waals surface area contributed by atoms with Crippen molar-refractivity contribution >= 4 is 23.4 Å². The Hall–Kier alpha value is -2.66. The number of hydrogen-bond acceptors (Lipinski definition) is 9. The van der Waals surface area contributed by atoms with E-state index in [1.54, 1.807) is 25.2 Å². The SMILES string of the molecule is CCCC(=O)N/C=C\C=C\C[C@@H]1OC(=O)/C=C(\C)[C@H](C)C[C@H]2O[C@@H]2[C@@H]2CC[C@H]3O[C@@]4(CC[C@]3(C)O2)O[C@@H](CC(=O)[C@H](C)CC1=O)C[C@@H]4C. The molecule has 0 aromatic carbocycles. The molecule has 0 saturated carbocycles. The van der Waals surface area contributed by atoms with Gasteiger partial charge in [0.05, 0.1) is 30.0 Å². The summed E-state index contributed by atoms with van der Waals surface area (Å²) < 4.78 is 31.9. The molecule has 11 atom stereocenters. The zero-order valence-corrected chi connectivity index (χ0v) is 29.5. The number of carbonyl (C=O) groups excluding carboxylic acids is 4. The molecular weight excluding hydrogens is 614 g/mol. The monoisotopic (exact) mass is 669 g/mol. The van der Waals surface area contributed by atoms with Crippen LogP contribution in [-0.4, -0.2) is 71.5 Å². The Balaban J connectivity index is 1.31. The lowest BCUT2D eigenvalue weighted by Crippen LogP contribution is -2.60. The normalized spacial score (nSPS) is 42.2. The van der Waals surface area contributed by atoms with E-state index in [4.69, 9.17) is 23.7 Å². The summed E-state index contributed by atoms with van der Waals surface area (Å²) >= 11 is 0. The van der Waals surface area contributed by atoms with Gasteiger partial charge in [0, 0.05) is 56.2 Å². The number of fused-ring (bicyclic) bond motifs is 2. The molecule has 0 aromatic rings. The Morgan fingerprint density at radius 1 is 0.958 bits per heavy atom. The van der Waals surface area contributed by atoms with Gasteiger partial charge >= 0.3 is 5.97 Å². The van der Waals surface area contributed by atoms with Gasteiger partial charge < -0.3 is 29.0 Å². The molecule has 4 fully saturated rings. The maximum Gasteiger partial charge on any atom is 0.331 e. The highest BCUT2D eigenvalue weighted by molar-refractivity contribution is 5.92. The van der Waals surface area contributed by atoms with E-state index in [-0.39, 0.29) is 79.1 Å². The van der Waals surface area contributed by atoms with Crippen molar-refractivity contribution in [3.8, 4) is 0 Å². The van der Waals surface area contributed by atoms with Crippen LogP contribution >= 0.6 is 0 Å². The van der Waals surface area contributed by atoms with E-state index in [2.05, 4.69) is 26.1 Å². The zero-order chi connectivity index (χ0) is 34.6. The number of nitrogens with one attached hydrogen (secondary N) is 1. The van der Waals surface area contributed by atoms with Crippen molar-refractivity contribution in [2.75, 3.05) is 0 Å². The smallest absolute Gasteiger partial charge is 0.331 e. The fraction of sp³-hybridized carbons (Fsp3) is 0.737. The van der Waals surface area contributed by atoms with Crippen LogP contribution in [0.4, 0.5) is 0 Å². The summed E-state index contributed by atoms with van der Waals surface area (Å²) in [5, 5.41) is 2.68. The largest absolute Gasteiger partial charge is 0.451 e. The molecule has 0 radical (unpaired) electrons. The molecule has 7 aliphatic rings. The molecule has 4 saturated heterocycles. The Kier molecular flexibility index (Phi) is 11.8. The third-order valence-corrected chi connectivity index (χ3v) is 11.1. The first kappa shape index (κ1) is 36.6. The highest BCUT2D eigenvalue weighted by Crippen LogP contribution is 2.52. The van der Waals surface area contributed by atoms with Crippen molar-refractivity contribution in [1.29, 1.82) is 0 Å². The summed E-state index contributed by atoms with van der Waals surface area (Å²) in [4.78, 5) is 51.7. The minimum absolute atomic E-state index is 0.00994. The van der Waals surface area contributed by atoms with Crippen LogP contribution < -0.4 is 5.32 Å². The second-order valence-corrected chi connectivity index (χ2v) is 15.0. The molecule has 7 heterocycles. The van der Waals surface area contributed by atoms with Crippen LogP contribution in [0.15, 0.2) is 36.1 Å². The molecule has 1 N–H and O–H groups in total. The van der Waals surface area contributed by atoms with Crippen molar-refractivity contribution < 1.29 is 42.9 Å². The molecule has 1 amide bonds. The molecule has 5 bridgehead atoms. The van der Waals surface area contributed by atoms with Crippen molar-refractivity contribution in [3.63, 3.8) is 0 Å². The minimum atomic E-state index is -1.05. The van der Waals surface area contributed by atoms with Gasteiger partial charge in [-0.2, -0.15) is 0 Å². The fourth-order valence-corrected chi connectivity index (χ4v) is 7.76. The number of Topliss-reactive ketones (excluding diaryl/α,β-unsaturated/α-hetero) is 2. The maximum atomic E-state index is 13.5. The van der Waals surface area contributed by atoms with Crippen LogP contribution in [0.5, 0.6) is 0 Å². The molecule has 266 valence electrons. The first-order chi connectivity index (χ1) is 22.8. The molecule has 48 heavy (non-hydrogen) atoms. The van der Waals surface area contributed by atoms with E-state index in [1.807, 2.05) is 13.8 Å². The van der Waals surface area contributed by atoms with Gasteiger partial charge in [-0.1, -0.05) is 45.4 Å². The van der Waals surface area contributed by atoms with E-state index in [0.717, 1.165) is 37.7 Å². The fourth-order valence-electron chi connectivity index (χ4n) is 7.76. The van der Waals surface area contributed by atoms with Gasteiger partial charge in [-0.25, -0.2) is 4.79 Å². The molecular formula is C38H55NO9. The van der Waals surface area contributed by atoms with Gasteiger partial charge in [0.15, 0.2) is 17.7 Å². The van der Waals surface area contributed by atoms with Crippen molar-refractivity contribution in [3.05, 3.63) is 36.1 Å². The van der Waals surface area contributed by atoms with E-state index in [9.17, 15) is 19.2 Å². The highest BCUT2D eigenvalue weighted by Gasteiger charge is 2.59. The summed E-state index contributed by atoms with van der Waals surface area (Å²) in [5.74, 6) is -2.16. The average Bonchev–Trinajstić information content (AvgIpc) is 3.73. The summed E-state index contributed by atoms with van der Waals surface area (Å²) in [5.41, 5.74) is 0.422. The van der Waals surface area contributed by atoms with Crippen molar-refractivity contribution in [2.24, 2.45) is 17.8 Å². The lowest BCUT2D eigenvalue weighted by Gasteiger charge is -2.53. The Morgan fingerprint density at radius 2 is 1.75 bits per heavy atom. The summed E-state index contributed by atoms with van der Waals surface area (Å²) in [7, 11) is 0. The van der Waals surface area contributed by atoms with Gasteiger partial charge in [-0.05, 0) is 64.4 Å². The zero-order valence-electron chi connectivity index (χ0n) is 29.5. The number of hydrogen-bond donors (Lipinski definition) is 1. The molecule has 10 heteroatoms. The van der Waals surface area contributed by atoms with Crippen LogP contribution in [0, 0.1) is 17.8 Å². The number of allylic oxidation sites excluding steroid dienone is 3. The second kappa shape index (κ2) is 15.5. The van der Waals surface area contributed by atoms with Crippen molar-refractivity contribution in [2.45, 2.75) is 160 Å². The predicted octanol–water partition coefficient (Wildman–Crippen LogP) is 5.82. The molecule has 1 spiro atoms. The van der Waals surface area contributed by atoms with Crippen LogP contribution in [0.2, 0.25) is 0 Å². The predicted molar refractivity (Wildman–Crippen MR) is 178 cm³/mol. The molecule has 7 aliphatic heterocycles. The number of ketones is 2. The van der Waals surface area contributed by atoms with Gasteiger partial charge in [0.2, 0.25) is 5.91 Å². The average molecular weight is 670 g/mol. The Bertz CT molecular complexity index is 1310. The molecule has 0 unspecified atom stereocenters. The summed E-state index contributed by atoms with van der Waals surface area (Å²) in [6.07, 6.45) is 12.8. The summed E-state index contributed by atoms with van der Waals surface area (Å²) in [6, 6.07) is 0. The van der Waals surface area contributed by atoms with E-state index in [0.29, 0.717) is 19.3 Å². The number of amides is 1. The highest BCUT2D eigenvalue weighted by atomic mass is 16.7. The van der Waals surface area contributed by atoms with E-state index in [1.165, 1.54) is 12.3 Å². The third-order valence-electron chi connectivity index (χ3n) is 11.1. The first-order valence-corrected chi connectivity index (χ1v) is 18.1. The molecule has 10 nitrogen and oxygen atoms in total. The Morgan fingerprint density at radius 3 is 2.52 bits per heavy atom. The standard InChI is InChI=1S/C38H55NO9/c1-7-11-34(42)39-17-10-8-9-12-30-29(41)18-25(4)28(40)22-27-21-26(5)38(46-27)16-15-37(6)33(48-38)14-13-31(47-37)36-32(45-36)19-23(2)24(3)20-35(43)44-30/h8-10,17,20,23,25-27,30-33,36H,7,11-16,18-19,21-22H2,1-6H3,(H,39,42)/b9-8+,17-10-,24-20+/t23-,25-,26+,27-,30+,31+,32-,33-,36-,37+,38-/m1/s1.